The van der Waals surface area contributed by atoms with Crippen molar-refractivity contribution in [2.45, 2.75) is 12.1 Å². The molecule has 0 bridgehead atoms. The summed E-state index contributed by atoms with van der Waals surface area (Å²) < 4.78 is 28.0. The van der Waals surface area contributed by atoms with Crippen molar-refractivity contribution in [3.63, 3.8) is 0 Å². The molecule has 1 aromatic heterocycles. The highest BCUT2D eigenvalue weighted by Crippen LogP contribution is 2.59. The zero-order valence-electron chi connectivity index (χ0n) is 12.3. The van der Waals surface area contributed by atoms with Crippen LogP contribution in [0.2, 0.25) is 0 Å². The van der Waals surface area contributed by atoms with Crippen LogP contribution in [0.4, 0.5) is 5.82 Å². The average molecular weight is 374 g/mol. The highest BCUT2D eigenvalue weighted by atomic mass is 31.2. The lowest BCUT2D eigenvalue weighted by atomic mass is 10.2. The first-order valence-electron chi connectivity index (χ1n) is 6.66. The number of ether oxygens (including phenoxy) is 1. The summed E-state index contributed by atoms with van der Waals surface area (Å²) in [6.45, 7) is 0.255. The van der Waals surface area contributed by atoms with Crippen molar-refractivity contribution in [2.75, 3.05) is 5.32 Å². The lowest BCUT2D eigenvalue weighted by Gasteiger charge is -2.21. The van der Waals surface area contributed by atoms with Crippen molar-refractivity contribution in [2.24, 2.45) is 0 Å². The van der Waals surface area contributed by atoms with Gasteiger partial charge in [0.15, 0.2) is 0 Å². The van der Waals surface area contributed by atoms with Gasteiger partial charge in [-0.1, -0.05) is 30.3 Å². The first-order chi connectivity index (χ1) is 11.2. The lowest BCUT2D eigenvalue weighted by Crippen LogP contribution is -2.20. The van der Waals surface area contributed by atoms with Gasteiger partial charge in [-0.25, -0.2) is 4.98 Å². The Kier molecular flexibility index (Phi) is 5.77. The fraction of sp³-hybridized carbons (Fsp3) is 0.154. The Bertz CT molecular complexity index is 753. The number of rotatable bonds is 7. The Hall–Kier alpha value is -1.73. The molecule has 5 N–H and O–H groups in total. The van der Waals surface area contributed by atoms with Crippen molar-refractivity contribution in [1.29, 1.82) is 0 Å². The van der Waals surface area contributed by atoms with Crippen LogP contribution in [-0.4, -0.2) is 30.1 Å². The van der Waals surface area contributed by atoms with Gasteiger partial charge in [-0.2, -0.15) is 0 Å². The molecule has 130 valence electrons. The minimum absolute atomic E-state index is 0.128. The second-order valence-electron chi connectivity index (χ2n) is 4.85. The van der Waals surface area contributed by atoms with Gasteiger partial charge >= 0.3 is 15.2 Å². The maximum Gasteiger partial charge on any atom is 0.360 e. The van der Waals surface area contributed by atoms with E-state index in [1.165, 1.54) is 18.3 Å². The van der Waals surface area contributed by atoms with Gasteiger partial charge in [0.05, 0.1) is 0 Å². The normalized spacial score (nSPS) is 12.2. The summed E-state index contributed by atoms with van der Waals surface area (Å²) in [6.07, 6.45) is 1.29. The van der Waals surface area contributed by atoms with Crippen LogP contribution in [0.25, 0.3) is 0 Å². The van der Waals surface area contributed by atoms with Gasteiger partial charge in [0.25, 0.3) is 0 Å². The average Bonchev–Trinajstić information content (AvgIpc) is 2.50. The second kappa shape index (κ2) is 7.44. The largest absolute Gasteiger partial charge is 0.489 e. The fourth-order valence-corrected chi connectivity index (χ4v) is 3.99. The molecule has 2 aromatic rings. The minimum atomic E-state index is -5.10. The van der Waals surface area contributed by atoms with Crippen LogP contribution in [0.3, 0.4) is 0 Å². The molecule has 11 heteroatoms. The summed E-state index contributed by atoms with van der Waals surface area (Å²) in [7, 11) is -10.2. The van der Waals surface area contributed by atoms with E-state index in [1.807, 2.05) is 30.3 Å². The smallest absolute Gasteiger partial charge is 0.360 e. The third kappa shape index (κ3) is 5.42. The van der Waals surface area contributed by atoms with Gasteiger partial charge in [0.1, 0.15) is 18.2 Å². The van der Waals surface area contributed by atoms with E-state index in [0.29, 0.717) is 5.75 Å². The highest BCUT2D eigenvalue weighted by Gasteiger charge is 2.43. The van der Waals surface area contributed by atoms with Gasteiger partial charge in [-0.05, 0) is 11.6 Å². The molecule has 0 aliphatic carbocycles. The number of benzene rings is 1. The Morgan fingerprint density at radius 1 is 1.04 bits per heavy atom. The van der Waals surface area contributed by atoms with Crippen LogP contribution in [0.15, 0.2) is 48.7 Å². The van der Waals surface area contributed by atoms with Crippen LogP contribution < -0.4 is 10.1 Å². The highest BCUT2D eigenvalue weighted by molar-refractivity contribution is 7.71. The van der Waals surface area contributed by atoms with Gasteiger partial charge in [0, 0.05) is 12.3 Å². The lowest BCUT2D eigenvalue weighted by molar-refractivity contribution is 0.306. The predicted octanol–water partition coefficient (Wildman–Crippen LogP) is 1.71. The first-order valence-corrected chi connectivity index (χ1v) is 10.0. The number of anilines is 1. The topological polar surface area (TPSA) is 149 Å². The van der Waals surface area contributed by atoms with E-state index in [9.17, 15) is 9.13 Å². The molecule has 2 rings (SSSR count). The van der Waals surface area contributed by atoms with Crippen molar-refractivity contribution in [1.82, 2.24) is 4.98 Å². The monoisotopic (exact) mass is 374 g/mol. The molecule has 1 heterocycles. The fourth-order valence-electron chi connectivity index (χ4n) is 1.82. The van der Waals surface area contributed by atoms with Crippen molar-refractivity contribution < 1.29 is 33.4 Å². The van der Waals surface area contributed by atoms with E-state index in [4.69, 9.17) is 24.3 Å². The summed E-state index contributed by atoms with van der Waals surface area (Å²) in [5.74, 6) is 0.198. The molecule has 0 aliphatic heterocycles. The summed E-state index contributed by atoms with van der Waals surface area (Å²) in [5.41, 5.74) is -1.46. The molecule has 0 saturated carbocycles. The van der Waals surface area contributed by atoms with Crippen molar-refractivity contribution >= 4 is 21.0 Å². The maximum atomic E-state index is 11.3. The Labute approximate surface area is 137 Å². The van der Waals surface area contributed by atoms with Crippen LogP contribution in [0.5, 0.6) is 5.75 Å². The van der Waals surface area contributed by atoms with E-state index in [0.717, 1.165) is 5.56 Å². The molecular formula is C13H16N2O7P2. The second-order valence-corrected chi connectivity index (χ2v) is 8.64. The molecule has 0 saturated heterocycles. The summed E-state index contributed by atoms with van der Waals surface area (Å²) in [6, 6.07) is 12.1. The molecule has 24 heavy (non-hydrogen) atoms. The molecule has 0 aliphatic rings. The van der Waals surface area contributed by atoms with Crippen LogP contribution >= 0.6 is 15.2 Å². The molecule has 0 spiro atoms. The number of nitrogens with zero attached hydrogens (tertiary/aromatic N) is 1. The van der Waals surface area contributed by atoms with E-state index in [2.05, 4.69) is 10.3 Å². The molecule has 0 amide bonds. The summed E-state index contributed by atoms with van der Waals surface area (Å²) in [4.78, 5) is 40.2. The number of hydrogen-bond donors (Lipinski definition) is 5. The number of nitrogens with one attached hydrogen (secondary N) is 1. The third-order valence-corrected chi connectivity index (χ3v) is 6.23. The third-order valence-electron chi connectivity index (χ3n) is 2.89. The zero-order valence-corrected chi connectivity index (χ0v) is 14.0. The van der Waals surface area contributed by atoms with Crippen LogP contribution in [0, 0.1) is 0 Å². The molecule has 0 atom stereocenters. The molecular weight excluding hydrogens is 358 g/mol. The van der Waals surface area contributed by atoms with Crippen LogP contribution in [0.1, 0.15) is 5.56 Å². The molecule has 0 radical (unpaired) electrons. The van der Waals surface area contributed by atoms with E-state index >= 15 is 0 Å². The van der Waals surface area contributed by atoms with E-state index in [-0.39, 0.29) is 12.4 Å². The number of aromatic nitrogens is 1. The van der Waals surface area contributed by atoms with Crippen LogP contribution in [-0.2, 0) is 15.7 Å². The van der Waals surface area contributed by atoms with Crippen molar-refractivity contribution in [3.8, 4) is 5.75 Å². The Balaban J connectivity index is 2.12. The maximum absolute atomic E-state index is 11.3. The van der Waals surface area contributed by atoms with Gasteiger partial charge in [-0.3, -0.25) is 9.13 Å². The number of pyridine rings is 1. The van der Waals surface area contributed by atoms with Gasteiger partial charge in [0.2, 0.25) is 5.52 Å². The molecule has 0 fully saturated rings. The van der Waals surface area contributed by atoms with Crippen molar-refractivity contribution in [3.05, 3.63) is 54.2 Å². The van der Waals surface area contributed by atoms with E-state index < -0.39 is 20.7 Å². The van der Waals surface area contributed by atoms with E-state index in [1.54, 1.807) is 0 Å². The Morgan fingerprint density at radius 3 is 2.25 bits per heavy atom. The van der Waals surface area contributed by atoms with Gasteiger partial charge in [-0.15, -0.1) is 0 Å². The minimum Gasteiger partial charge on any atom is -0.489 e. The number of hydrogen-bond acceptors (Lipinski definition) is 5. The summed E-state index contributed by atoms with van der Waals surface area (Å²) >= 11 is 0. The quantitative estimate of drug-likeness (QED) is 0.457. The SMILES string of the molecule is O=P(O)(O)C(Nc1cc(OCc2ccccc2)ccn1)P(=O)(O)O. The molecule has 9 nitrogen and oxygen atoms in total. The summed E-state index contributed by atoms with van der Waals surface area (Å²) in [5, 5.41) is 2.08. The molecule has 1 aromatic carbocycles. The Morgan fingerprint density at radius 2 is 1.67 bits per heavy atom. The van der Waals surface area contributed by atoms with Gasteiger partial charge < -0.3 is 29.6 Å². The predicted molar refractivity (Wildman–Crippen MR) is 86.5 cm³/mol. The molecule has 0 unspecified atom stereocenters. The standard InChI is InChI=1S/C13H16N2O7P2/c16-23(17,18)13(24(19,20)21)15-12-8-11(6-7-14-12)22-9-10-4-2-1-3-5-10/h1-8,13H,9H2,(H,14,15)(H2,16,17,18)(H2,19,20,21). The first kappa shape index (κ1) is 18.6. The zero-order chi connectivity index (χ0) is 17.8.